The molecule has 0 saturated carbocycles. The largest absolute Gasteiger partial charge is 0.339 e. The van der Waals surface area contributed by atoms with Gasteiger partial charge in [0.25, 0.3) is 0 Å². The van der Waals surface area contributed by atoms with Gasteiger partial charge in [0.15, 0.2) is 4.77 Å². The number of aromatic amines is 1. The molecule has 25 heavy (non-hydrogen) atoms. The third kappa shape index (κ3) is 2.68. The van der Waals surface area contributed by atoms with Crippen molar-refractivity contribution in [3.8, 4) is 0 Å². The van der Waals surface area contributed by atoms with E-state index in [1.807, 2.05) is 18.2 Å². The van der Waals surface area contributed by atoms with E-state index < -0.39 is 0 Å². The van der Waals surface area contributed by atoms with Crippen LogP contribution >= 0.6 is 12.2 Å². The Hall–Kier alpha value is -2.73. The molecule has 0 saturated heterocycles. The monoisotopic (exact) mass is 349 g/mol. The minimum absolute atomic E-state index is 0.283. The highest BCUT2D eigenvalue weighted by atomic mass is 32.1. The summed E-state index contributed by atoms with van der Waals surface area (Å²) in [5.41, 5.74) is 5.15. The third-order valence-electron chi connectivity index (χ3n) is 4.39. The van der Waals surface area contributed by atoms with Gasteiger partial charge in [-0.3, -0.25) is 0 Å². The first-order valence-electron chi connectivity index (χ1n) is 8.26. The zero-order chi connectivity index (χ0) is 17.6. The Balaban J connectivity index is 1.92. The highest BCUT2D eigenvalue weighted by Crippen LogP contribution is 2.29. The number of para-hydroxylation sites is 1. The summed E-state index contributed by atoms with van der Waals surface area (Å²) >= 11 is 5.48. The van der Waals surface area contributed by atoms with E-state index in [-0.39, 0.29) is 6.04 Å². The second-order valence-electron chi connectivity index (χ2n) is 6.44. The number of nitrogens with one attached hydrogen (secondary N) is 2. The molecule has 4 aromatic rings. The summed E-state index contributed by atoms with van der Waals surface area (Å²) in [4.78, 5) is 12.2. The van der Waals surface area contributed by atoms with Crippen LogP contribution < -0.4 is 5.32 Å². The standard InChI is InChI=1S/C19H19N5S/c1-11(2)24-17-9-15-13(8-16(17)23-19(24)25)18(21-10-20-15)22-14-7-5-4-6-12(14)3/h4-11H,1-3H3,(H,23,25)(H,20,21,22). The van der Waals surface area contributed by atoms with Gasteiger partial charge in [-0.25, -0.2) is 9.97 Å². The molecule has 5 nitrogen and oxygen atoms in total. The summed E-state index contributed by atoms with van der Waals surface area (Å²) in [6.07, 6.45) is 1.59. The number of imidazole rings is 1. The van der Waals surface area contributed by atoms with Crippen LogP contribution in [0, 0.1) is 11.7 Å². The smallest absolute Gasteiger partial charge is 0.178 e. The van der Waals surface area contributed by atoms with Gasteiger partial charge < -0.3 is 14.9 Å². The fourth-order valence-corrected chi connectivity index (χ4v) is 3.55. The van der Waals surface area contributed by atoms with Crippen molar-refractivity contribution in [2.24, 2.45) is 0 Å². The van der Waals surface area contributed by atoms with Crippen molar-refractivity contribution in [1.82, 2.24) is 19.5 Å². The van der Waals surface area contributed by atoms with E-state index in [1.165, 1.54) is 5.56 Å². The van der Waals surface area contributed by atoms with Crippen LogP contribution in [-0.4, -0.2) is 19.5 Å². The SMILES string of the molecule is Cc1ccccc1Nc1ncnc2cc3c(cc12)[nH]c(=S)n3C(C)C. The van der Waals surface area contributed by atoms with Gasteiger partial charge in [-0.2, -0.15) is 0 Å². The van der Waals surface area contributed by atoms with Gasteiger partial charge >= 0.3 is 0 Å². The molecule has 2 N–H and O–H groups in total. The number of benzene rings is 2. The van der Waals surface area contributed by atoms with E-state index in [2.05, 4.69) is 63.8 Å². The van der Waals surface area contributed by atoms with E-state index in [1.54, 1.807) is 6.33 Å². The lowest BCUT2D eigenvalue weighted by molar-refractivity contribution is 0.610. The number of anilines is 2. The topological polar surface area (TPSA) is 58.5 Å². The second kappa shape index (κ2) is 5.97. The van der Waals surface area contributed by atoms with Gasteiger partial charge in [-0.15, -0.1) is 0 Å². The van der Waals surface area contributed by atoms with Crippen LogP contribution in [0.5, 0.6) is 0 Å². The summed E-state index contributed by atoms with van der Waals surface area (Å²) < 4.78 is 2.84. The third-order valence-corrected chi connectivity index (χ3v) is 4.69. The van der Waals surface area contributed by atoms with Crippen LogP contribution in [0.15, 0.2) is 42.7 Å². The van der Waals surface area contributed by atoms with Gasteiger partial charge in [-0.1, -0.05) is 18.2 Å². The first-order valence-corrected chi connectivity index (χ1v) is 8.67. The van der Waals surface area contributed by atoms with E-state index in [9.17, 15) is 0 Å². The summed E-state index contributed by atoms with van der Waals surface area (Å²) in [7, 11) is 0. The molecular formula is C19H19N5S. The molecule has 0 amide bonds. The average Bonchev–Trinajstić information content (AvgIpc) is 2.90. The lowest BCUT2D eigenvalue weighted by atomic mass is 10.1. The van der Waals surface area contributed by atoms with E-state index in [4.69, 9.17) is 12.2 Å². The maximum Gasteiger partial charge on any atom is 0.178 e. The maximum absolute atomic E-state index is 5.48. The van der Waals surface area contributed by atoms with Crippen molar-refractivity contribution in [1.29, 1.82) is 0 Å². The quantitative estimate of drug-likeness (QED) is 0.494. The molecule has 0 atom stereocenters. The molecule has 2 aromatic heterocycles. The van der Waals surface area contributed by atoms with Gasteiger partial charge in [0, 0.05) is 17.1 Å². The Morgan fingerprint density at radius 3 is 2.72 bits per heavy atom. The maximum atomic E-state index is 5.48. The molecule has 2 heterocycles. The number of rotatable bonds is 3. The molecule has 0 aliphatic rings. The number of fused-ring (bicyclic) bond motifs is 2. The van der Waals surface area contributed by atoms with Crippen LogP contribution in [-0.2, 0) is 0 Å². The number of hydrogen-bond acceptors (Lipinski definition) is 4. The average molecular weight is 349 g/mol. The molecule has 6 heteroatoms. The zero-order valence-electron chi connectivity index (χ0n) is 14.4. The van der Waals surface area contributed by atoms with E-state index >= 15 is 0 Å². The highest BCUT2D eigenvalue weighted by molar-refractivity contribution is 7.71. The minimum Gasteiger partial charge on any atom is -0.339 e. The van der Waals surface area contributed by atoms with Crippen LogP contribution in [0.25, 0.3) is 21.9 Å². The minimum atomic E-state index is 0.283. The molecular weight excluding hydrogens is 330 g/mol. The van der Waals surface area contributed by atoms with Crippen molar-refractivity contribution in [3.05, 3.63) is 53.1 Å². The van der Waals surface area contributed by atoms with Crippen molar-refractivity contribution in [3.63, 3.8) is 0 Å². The summed E-state index contributed by atoms with van der Waals surface area (Å²) in [6, 6.07) is 12.6. The summed E-state index contributed by atoms with van der Waals surface area (Å²) in [5, 5.41) is 4.39. The number of hydrogen-bond donors (Lipinski definition) is 2. The second-order valence-corrected chi connectivity index (χ2v) is 6.83. The number of aryl methyl sites for hydroxylation is 1. The Kier molecular flexibility index (Phi) is 3.77. The number of aromatic nitrogens is 4. The van der Waals surface area contributed by atoms with Gasteiger partial charge in [0.05, 0.1) is 16.6 Å². The summed E-state index contributed by atoms with van der Waals surface area (Å²) in [5.74, 6) is 0.790. The Morgan fingerprint density at radius 1 is 1.16 bits per heavy atom. The highest BCUT2D eigenvalue weighted by Gasteiger charge is 2.12. The van der Waals surface area contributed by atoms with Gasteiger partial charge in [0.2, 0.25) is 0 Å². The normalized spacial score (nSPS) is 11.5. The lowest BCUT2D eigenvalue weighted by Crippen LogP contribution is -2.01. The predicted octanol–water partition coefficient (Wildman–Crippen LogP) is 5.28. The van der Waals surface area contributed by atoms with Crippen LogP contribution in [0.2, 0.25) is 0 Å². The van der Waals surface area contributed by atoms with Crippen molar-refractivity contribution < 1.29 is 0 Å². The van der Waals surface area contributed by atoms with Crippen LogP contribution in [0.3, 0.4) is 0 Å². The molecule has 126 valence electrons. The molecule has 4 rings (SSSR count). The van der Waals surface area contributed by atoms with E-state index in [0.717, 1.165) is 38.2 Å². The van der Waals surface area contributed by atoms with Crippen molar-refractivity contribution in [2.45, 2.75) is 26.8 Å². The van der Waals surface area contributed by atoms with Gasteiger partial charge in [-0.05, 0) is 56.8 Å². The Morgan fingerprint density at radius 2 is 1.96 bits per heavy atom. The lowest BCUT2D eigenvalue weighted by Gasteiger charge is -2.12. The summed E-state index contributed by atoms with van der Waals surface area (Å²) in [6.45, 7) is 6.32. The van der Waals surface area contributed by atoms with Gasteiger partial charge in [0.1, 0.15) is 12.1 Å². The first kappa shape index (κ1) is 15.8. The molecule has 0 aliphatic carbocycles. The number of H-pyrrole nitrogens is 1. The van der Waals surface area contributed by atoms with Crippen LogP contribution in [0.4, 0.5) is 11.5 Å². The Labute approximate surface area is 150 Å². The molecule has 0 fully saturated rings. The first-order chi connectivity index (χ1) is 12.0. The molecule has 0 aliphatic heterocycles. The number of nitrogens with zero attached hydrogens (tertiary/aromatic N) is 3. The molecule has 0 radical (unpaired) electrons. The fourth-order valence-electron chi connectivity index (χ4n) is 3.13. The predicted molar refractivity (Wildman–Crippen MR) is 105 cm³/mol. The zero-order valence-corrected chi connectivity index (χ0v) is 15.2. The molecule has 0 unspecified atom stereocenters. The molecule has 0 spiro atoms. The van der Waals surface area contributed by atoms with E-state index in [0.29, 0.717) is 0 Å². The van der Waals surface area contributed by atoms with Crippen LogP contribution in [0.1, 0.15) is 25.5 Å². The van der Waals surface area contributed by atoms with Crippen molar-refractivity contribution in [2.75, 3.05) is 5.32 Å². The fraction of sp³-hybridized carbons (Fsp3) is 0.211. The Bertz CT molecular complexity index is 1140. The molecule has 0 bridgehead atoms. The molecule has 2 aromatic carbocycles. The van der Waals surface area contributed by atoms with Crippen molar-refractivity contribution >= 4 is 45.7 Å².